The van der Waals surface area contributed by atoms with E-state index in [2.05, 4.69) is 42.5 Å². The number of aromatic nitrogens is 5. The maximum absolute atomic E-state index is 12.6. The van der Waals surface area contributed by atoms with Gasteiger partial charge < -0.3 is 30.6 Å². The van der Waals surface area contributed by atoms with Crippen molar-refractivity contribution in [1.82, 2.24) is 30.7 Å². The number of nitrogens with one attached hydrogen (secondary N) is 1. The molecular weight excluding hydrogens is 614 g/mol. The van der Waals surface area contributed by atoms with Gasteiger partial charge in [-0.25, -0.2) is 19.5 Å². The average Bonchev–Trinajstić information content (AvgIpc) is 3.49. The van der Waals surface area contributed by atoms with E-state index in [0.29, 0.717) is 21.6 Å². The lowest BCUT2D eigenvalue weighted by Crippen LogP contribution is -2.33. The number of hydrogen-bond donors (Lipinski definition) is 5. The first-order valence-corrected chi connectivity index (χ1v) is 13.7. The van der Waals surface area contributed by atoms with E-state index in [1.165, 1.54) is 35.2 Å². The number of fused-ring (bicyclic) bond motifs is 2. The lowest BCUT2D eigenvalue weighted by molar-refractivity contribution is -0.0501. The topological polar surface area (TPSA) is 200 Å². The van der Waals surface area contributed by atoms with E-state index in [9.17, 15) is 19.7 Å². The molecule has 5 atom stereocenters. The lowest BCUT2D eigenvalue weighted by atomic mass is 10.1. The van der Waals surface area contributed by atoms with Gasteiger partial charge >= 0.3 is 7.82 Å². The van der Waals surface area contributed by atoms with Gasteiger partial charge in [0.1, 0.15) is 35.2 Å². The molecule has 0 radical (unpaired) electrons. The van der Waals surface area contributed by atoms with Crippen LogP contribution < -0.4 is 10.7 Å². The Hall–Kier alpha value is -1.82. The highest BCUT2D eigenvalue weighted by Crippen LogP contribution is 2.47. The number of rotatable bonds is 7. The van der Waals surface area contributed by atoms with Crippen molar-refractivity contribution in [2.75, 3.05) is 12.9 Å². The molecule has 0 bridgehead atoms. The highest BCUT2D eigenvalue weighted by Gasteiger charge is 2.45. The van der Waals surface area contributed by atoms with Crippen molar-refractivity contribution in [1.29, 1.82) is 0 Å². The molecule has 5 unspecified atom stereocenters. The quantitative estimate of drug-likeness (QED) is 0.0861. The van der Waals surface area contributed by atoms with Crippen LogP contribution in [0.3, 0.4) is 0 Å². The van der Waals surface area contributed by atoms with Crippen LogP contribution in [0, 0.1) is 3.57 Å². The number of imidazole rings is 1. The molecule has 35 heavy (non-hydrogen) atoms. The van der Waals surface area contributed by atoms with E-state index in [1.807, 2.05) is 18.4 Å². The zero-order valence-electron chi connectivity index (χ0n) is 18.2. The molecule has 1 aromatic carbocycles. The zero-order chi connectivity index (χ0) is 24.0. The van der Waals surface area contributed by atoms with E-state index in [1.54, 1.807) is 6.07 Å². The maximum atomic E-state index is 12.6. The zero-order valence-corrected chi connectivity index (χ0v) is 22.1. The number of phosphoric acid groups is 1. The predicted octanol–water partition coefficient (Wildman–Crippen LogP) is 2.61. The molecule has 7 N–H and O–H groups in total. The first kappa shape index (κ1) is 26.2. The number of phosphoric ester groups is 1. The molecule has 1 aliphatic heterocycles. The first-order chi connectivity index (χ1) is 16.3. The van der Waals surface area contributed by atoms with Gasteiger partial charge in [-0.2, -0.15) is 0 Å². The minimum atomic E-state index is -4.57. The van der Waals surface area contributed by atoms with E-state index in [4.69, 9.17) is 13.8 Å². The molecule has 0 spiro atoms. The number of thioether (sulfide) groups is 1. The van der Waals surface area contributed by atoms with Crippen LogP contribution in [-0.4, -0.2) is 70.8 Å². The van der Waals surface area contributed by atoms with Gasteiger partial charge in [-0.1, -0.05) is 0 Å². The van der Waals surface area contributed by atoms with Crippen LogP contribution in [-0.2, 0) is 13.8 Å². The van der Waals surface area contributed by atoms with E-state index >= 15 is 0 Å². The molecule has 188 valence electrons. The molecule has 0 saturated carbocycles. The van der Waals surface area contributed by atoms with Gasteiger partial charge in [0.25, 0.3) is 0 Å². The largest absolute Gasteiger partial charge is 0.527 e. The molecule has 4 aromatic rings. The third-order valence-corrected chi connectivity index (χ3v) is 7.61. The molecule has 13 nitrogen and oxygen atoms in total. The van der Waals surface area contributed by atoms with Gasteiger partial charge in [-0.3, -0.25) is 14.0 Å². The normalized spacial score (nSPS) is 23.9. The lowest BCUT2D eigenvalue weighted by Gasteiger charge is -2.17. The van der Waals surface area contributed by atoms with Crippen LogP contribution in [0.25, 0.3) is 22.1 Å². The minimum absolute atomic E-state index is 0. The Bertz CT molecular complexity index is 1400. The van der Waals surface area contributed by atoms with Gasteiger partial charge in [0, 0.05) is 20.7 Å². The Labute approximate surface area is 216 Å². The Morgan fingerprint density at radius 1 is 1.29 bits per heavy atom. The summed E-state index contributed by atoms with van der Waals surface area (Å²) in [6, 6.07) is 5.51. The Kier molecular flexibility index (Phi) is 7.71. The van der Waals surface area contributed by atoms with Crippen LogP contribution in [0.1, 0.15) is 6.23 Å². The van der Waals surface area contributed by atoms with Crippen LogP contribution >= 0.6 is 42.2 Å². The summed E-state index contributed by atoms with van der Waals surface area (Å²) in [5, 5.41) is 22.3. The van der Waals surface area contributed by atoms with Gasteiger partial charge in [0.05, 0.1) is 12.9 Å². The number of H-pyrrole nitrogens is 1. The number of halogens is 1. The average molecular weight is 636 g/mol. The third-order valence-electron chi connectivity index (χ3n) is 5.35. The summed E-state index contributed by atoms with van der Waals surface area (Å²) in [5.41, 5.74) is 1.68. The van der Waals surface area contributed by atoms with Gasteiger partial charge in [0.15, 0.2) is 17.6 Å². The summed E-state index contributed by atoms with van der Waals surface area (Å²) < 4.78 is 31.1. The van der Waals surface area contributed by atoms with Gasteiger partial charge in [0.2, 0.25) is 0 Å². The summed E-state index contributed by atoms with van der Waals surface area (Å²) in [6.07, 6.45) is 1.23. The number of aliphatic hydroxyl groups excluding tert-OH is 2. The summed E-state index contributed by atoms with van der Waals surface area (Å²) in [6.45, 7) is -0.500. The Morgan fingerprint density at radius 3 is 2.86 bits per heavy atom. The minimum Gasteiger partial charge on any atom is -0.402 e. The fourth-order valence-electron chi connectivity index (χ4n) is 3.72. The van der Waals surface area contributed by atoms with Crippen molar-refractivity contribution in [3.63, 3.8) is 0 Å². The smallest absolute Gasteiger partial charge is 0.402 e. The van der Waals surface area contributed by atoms with E-state index in [0.717, 1.165) is 9.09 Å². The van der Waals surface area contributed by atoms with Gasteiger partial charge in [-0.15, -0.1) is 11.8 Å². The summed E-state index contributed by atoms with van der Waals surface area (Å²) >= 11 is 3.52. The van der Waals surface area contributed by atoms with Crippen LogP contribution in [0.2, 0.25) is 0 Å². The molecular formula is C19H22IN6O7PS. The second-order valence-electron chi connectivity index (χ2n) is 7.45. The SMILES string of the molecule is CSc1ncnc2c1ncn2C1OC(COP(=O)(O)Oc2c[nH]c3ccc(I)cc23)C(O)C1O.N. The fourth-order valence-corrected chi connectivity index (χ4v) is 5.49. The fraction of sp³-hybridized carbons (Fsp3) is 0.316. The van der Waals surface area contributed by atoms with Crippen molar-refractivity contribution in [3.8, 4) is 5.75 Å². The highest BCUT2D eigenvalue weighted by atomic mass is 127. The number of ether oxygens (including phenoxy) is 1. The molecule has 4 heterocycles. The maximum Gasteiger partial charge on any atom is 0.527 e. The molecule has 0 aliphatic carbocycles. The van der Waals surface area contributed by atoms with Crippen LogP contribution in [0.4, 0.5) is 0 Å². The number of aliphatic hydroxyl groups is 2. The van der Waals surface area contributed by atoms with Crippen molar-refractivity contribution in [2.24, 2.45) is 0 Å². The van der Waals surface area contributed by atoms with Gasteiger partial charge in [-0.05, 0) is 47.0 Å². The molecule has 5 rings (SSSR count). The van der Waals surface area contributed by atoms with Crippen LogP contribution in [0.15, 0.2) is 42.1 Å². The number of nitrogens with zero attached hydrogens (tertiary/aromatic N) is 4. The van der Waals surface area contributed by atoms with E-state index in [-0.39, 0.29) is 11.9 Å². The third kappa shape index (κ3) is 5.05. The Balaban J connectivity index is 0.00000289. The number of benzene rings is 1. The molecule has 1 saturated heterocycles. The van der Waals surface area contributed by atoms with E-state index < -0.39 is 39.0 Å². The number of aromatic amines is 1. The van der Waals surface area contributed by atoms with Crippen molar-refractivity contribution in [2.45, 2.75) is 29.6 Å². The summed E-state index contributed by atoms with van der Waals surface area (Å²) in [4.78, 5) is 25.8. The van der Waals surface area contributed by atoms with Crippen molar-refractivity contribution >= 4 is 64.2 Å². The van der Waals surface area contributed by atoms with Crippen molar-refractivity contribution < 1.29 is 33.5 Å². The van der Waals surface area contributed by atoms with Crippen LogP contribution in [0.5, 0.6) is 5.75 Å². The first-order valence-electron chi connectivity index (χ1n) is 9.94. The molecule has 0 amide bonds. The summed E-state index contributed by atoms with van der Waals surface area (Å²) in [7, 11) is -4.57. The summed E-state index contributed by atoms with van der Waals surface area (Å²) in [5.74, 6) is 0.152. The number of hydrogen-bond acceptors (Lipinski definition) is 11. The molecule has 3 aromatic heterocycles. The van der Waals surface area contributed by atoms with Crippen molar-refractivity contribution in [3.05, 3.63) is 40.6 Å². The second-order valence-corrected chi connectivity index (χ2v) is 10.9. The molecule has 1 aliphatic rings. The molecule has 1 fully saturated rings. The Morgan fingerprint density at radius 2 is 2.09 bits per heavy atom. The highest BCUT2D eigenvalue weighted by molar-refractivity contribution is 14.1. The standard InChI is InChI=1S/C19H19IN5O7PS.H3N/c1-34-18-14-17(22-7-23-18)25(8-24-14)19-16(27)15(26)13(31-19)6-30-33(28,29)32-12-5-21-11-3-2-9(20)4-10(11)12;/h2-5,7-8,13,15-16,19,21,26-27H,6H2,1H3,(H,28,29);1H3. The predicted molar refractivity (Wildman–Crippen MR) is 135 cm³/mol. The second kappa shape index (κ2) is 10.3. The molecule has 16 heteroatoms. The monoisotopic (exact) mass is 636 g/mol.